The molecule has 0 atom stereocenters. The third-order valence-electron chi connectivity index (χ3n) is 6.44. The van der Waals surface area contributed by atoms with Crippen molar-refractivity contribution in [1.82, 2.24) is 0 Å². The summed E-state index contributed by atoms with van der Waals surface area (Å²) in [5.41, 5.74) is 7.10. The van der Waals surface area contributed by atoms with Crippen molar-refractivity contribution in [2.24, 2.45) is 0 Å². The molecule has 1 aliphatic rings. The van der Waals surface area contributed by atoms with Gasteiger partial charge in [-0.25, -0.2) is 4.90 Å². The molecule has 0 saturated carbocycles. The van der Waals surface area contributed by atoms with E-state index >= 15 is 0 Å². The van der Waals surface area contributed by atoms with E-state index in [4.69, 9.17) is 0 Å². The number of aryl methyl sites for hydroxylation is 3. The normalized spacial score (nSPS) is 13.6. The van der Waals surface area contributed by atoms with E-state index in [9.17, 15) is 9.59 Å². The van der Waals surface area contributed by atoms with Crippen LogP contribution in [0, 0.1) is 20.8 Å². The highest BCUT2D eigenvalue weighted by Gasteiger charge is 2.40. The van der Waals surface area contributed by atoms with Crippen molar-refractivity contribution >= 4 is 34.4 Å². The predicted molar refractivity (Wildman–Crippen MR) is 140 cm³/mol. The van der Waals surface area contributed by atoms with Gasteiger partial charge in [-0.05, 0) is 87.7 Å². The topological polar surface area (TPSA) is 52.7 Å². The standard InChI is InChI=1S/C29H31N3O2/c1-6-31(7-2)24-16-13-23(14-17-24)30-27-26(22-11-8-19(3)9-12-22)28(33)32(29(27)34)25-15-10-20(4)21(5)18-25/h8-18,30H,6-7H2,1-5H3. The SMILES string of the molecule is CCN(CC)c1ccc(NC2=C(c3ccc(C)cc3)C(=O)N(c3ccc(C)c(C)c3)C2=O)cc1. The average molecular weight is 454 g/mol. The van der Waals surface area contributed by atoms with Crippen molar-refractivity contribution in [1.29, 1.82) is 0 Å². The smallest absolute Gasteiger partial charge is 0.282 e. The summed E-state index contributed by atoms with van der Waals surface area (Å²) >= 11 is 0. The largest absolute Gasteiger partial charge is 0.372 e. The molecule has 34 heavy (non-hydrogen) atoms. The Bertz CT molecular complexity index is 1250. The first-order chi connectivity index (χ1) is 16.3. The van der Waals surface area contributed by atoms with Gasteiger partial charge in [0.05, 0.1) is 11.3 Å². The number of carbonyl (C=O) groups is 2. The Morgan fingerprint density at radius 2 is 1.41 bits per heavy atom. The number of rotatable bonds is 7. The van der Waals surface area contributed by atoms with Crippen LogP contribution in [0.5, 0.6) is 0 Å². The van der Waals surface area contributed by atoms with Crippen molar-refractivity contribution in [3.8, 4) is 0 Å². The van der Waals surface area contributed by atoms with Gasteiger partial charge in [-0.3, -0.25) is 9.59 Å². The van der Waals surface area contributed by atoms with E-state index in [0.29, 0.717) is 17.0 Å². The van der Waals surface area contributed by atoms with Crippen molar-refractivity contribution in [3.63, 3.8) is 0 Å². The zero-order valence-corrected chi connectivity index (χ0v) is 20.5. The number of hydrogen-bond acceptors (Lipinski definition) is 4. The number of amides is 2. The molecule has 0 spiro atoms. The second-order valence-electron chi connectivity index (χ2n) is 8.67. The van der Waals surface area contributed by atoms with Gasteiger partial charge in [0.25, 0.3) is 11.8 Å². The molecule has 0 aromatic heterocycles. The molecule has 1 heterocycles. The number of nitrogens with one attached hydrogen (secondary N) is 1. The molecule has 1 N–H and O–H groups in total. The molecule has 3 aromatic carbocycles. The highest BCUT2D eigenvalue weighted by molar-refractivity contribution is 6.46. The lowest BCUT2D eigenvalue weighted by Crippen LogP contribution is -2.32. The number of benzene rings is 3. The summed E-state index contributed by atoms with van der Waals surface area (Å²) in [5.74, 6) is -0.670. The molecule has 1 aliphatic heterocycles. The molecule has 174 valence electrons. The van der Waals surface area contributed by atoms with Gasteiger partial charge in [0.1, 0.15) is 5.70 Å². The first-order valence-electron chi connectivity index (χ1n) is 11.7. The van der Waals surface area contributed by atoms with E-state index in [1.807, 2.05) is 87.5 Å². The van der Waals surface area contributed by atoms with Gasteiger partial charge < -0.3 is 10.2 Å². The van der Waals surface area contributed by atoms with Crippen LogP contribution in [0.1, 0.15) is 36.1 Å². The van der Waals surface area contributed by atoms with E-state index in [0.717, 1.165) is 46.7 Å². The van der Waals surface area contributed by atoms with Crippen molar-refractivity contribution in [2.75, 3.05) is 28.2 Å². The first kappa shape index (κ1) is 23.3. The minimum atomic E-state index is -0.350. The Labute approximate surface area is 201 Å². The molecule has 0 saturated heterocycles. The Kier molecular flexibility index (Phi) is 6.55. The molecular formula is C29H31N3O2. The molecule has 0 radical (unpaired) electrons. The van der Waals surface area contributed by atoms with Crippen LogP contribution < -0.4 is 15.1 Å². The number of nitrogens with zero attached hydrogens (tertiary/aromatic N) is 2. The third-order valence-corrected chi connectivity index (χ3v) is 6.44. The highest BCUT2D eigenvalue weighted by atomic mass is 16.2. The maximum absolute atomic E-state index is 13.6. The molecule has 5 heteroatoms. The summed E-state index contributed by atoms with van der Waals surface area (Å²) in [5, 5.41) is 3.26. The van der Waals surface area contributed by atoms with Crippen LogP contribution in [-0.4, -0.2) is 24.9 Å². The van der Waals surface area contributed by atoms with Crippen molar-refractivity contribution < 1.29 is 9.59 Å². The molecule has 4 rings (SSSR count). The van der Waals surface area contributed by atoms with Crippen molar-refractivity contribution in [3.05, 3.63) is 94.7 Å². The molecule has 0 unspecified atom stereocenters. The Morgan fingerprint density at radius 1 is 0.765 bits per heavy atom. The number of anilines is 3. The summed E-state index contributed by atoms with van der Waals surface area (Å²) in [4.78, 5) is 30.8. The van der Waals surface area contributed by atoms with Crippen LogP contribution >= 0.6 is 0 Å². The lowest BCUT2D eigenvalue weighted by atomic mass is 10.0. The lowest BCUT2D eigenvalue weighted by Gasteiger charge is -2.21. The minimum absolute atomic E-state index is 0.294. The lowest BCUT2D eigenvalue weighted by molar-refractivity contribution is -0.120. The summed E-state index contributed by atoms with van der Waals surface area (Å²) in [6.45, 7) is 12.1. The molecule has 3 aromatic rings. The third kappa shape index (κ3) is 4.34. The van der Waals surface area contributed by atoms with Crippen molar-refractivity contribution in [2.45, 2.75) is 34.6 Å². The van der Waals surface area contributed by atoms with E-state index in [-0.39, 0.29) is 11.8 Å². The minimum Gasteiger partial charge on any atom is -0.372 e. The fourth-order valence-corrected chi connectivity index (χ4v) is 4.22. The van der Waals surface area contributed by atoms with E-state index in [2.05, 4.69) is 24.1 Å². The first-order valence-corrected chi connectivity index (χ1v) is 11.7. The molecular weight excluding hydrogens is 422 g/mol. The zero-order chi connectivity index (χ0) is 24.4. The van der Waals surface area contributed by atoms with E-state index in [1.165, 1.54) is 4.90 Å². The second kappa shape index (κ2) is 9.56. The summed E-state index contributed by atoms with van der Waals surface area (Å²) in [6, 6.07) is 21.3. The maximum Gasteiger partial charge on any atom is 0.282 e. The molecule has 2 amide bonds. The van der Waals surface area contributed by atoms with Gasteiger partial charge in [-0.15, -0.1) is 0 Å². The monoisotopic (exact) mass is 453 g/mol. The van der Waals surface area contributed by atoms with Crippen LogP contribution in [0.15, 0.2) is 72.4 Å². The average Bonchev–Trinajstić information content (AvgIpc) is 3.07. The van der Waals surface area contributed by atoms with Gasteiger partial charge >= 0.3 is 0 Å². The zero-order valence-electron chi connectivity index (χ0n) is 20.5. The fourth-order valence-electron chi connectivity index (χ4n) is 4.22. The number of carbonyl (C=O) groups excluding carboxylic acids is 2. The second-order valence-corrected chi connectivity index (χ2v) is 8.67. The van der Waals surface area contributed by atoms with Gasteiger partial charge in [-0.1, -0.05) is 35.9 Å². The molecule has 5 nitrogen and oxygen atoms in total. The van der Waals surface area contributed by atoms with E-state index in [1.54, 1.807) is 0 Å². The summed E-state index contributed by atoms with van der Waals surface area (Å²) < 4.78 is 0. The molecule has 0 fully saturated rings. The summed E-state index contributed by atoms with van der Waals surface area (Å²) in [6.07, 6.45) is 0. The predicted octanol–water partition coefficient (Wildman–Crippen LogP) is 5.85. The quantitative estimate of drug-likeness (QED) is 0.456. The van der Waals surface area contributed by atoms with Crippen LogP contribution in [0.2, 0.25) is 0 Å². The van der Waals surface area contributed by atoms with E-state index < -0.39 is 0 Å². The Balaban J connectivity index is 1.75. The summed E-state index contributed by atoms with van der Waals surface area (Å²) in [7, 11) is 0. The Morgan fingerprint density at radius 3 is 2.00 bits per heavy atom. The highest BCUT2D eigenvalue weighted by Crippen LogP contribution is 2.34. The molecule has 0 bridgehead atoms. The van der Waals surface area contributed by atoms with Crippen LogP contribution in [0.3, 0.4) is 0 Å². The number of hydrogen-bond donors (Lipinski definition) is 1. The fraction of sp³-hybridized carbons (Fsp3) is 0.241. The van der Waals surface area contributed by atoms with Gasteiger partial charge in [-0.2, -0.15) is 0 Å². The Hall–Kier alpha value is -3.86. The van der Waals surface area contributed by atoms with Crippen LogP contribution in [-0.2, 0) is 9.59 Å². The van der Waals surface area contributed by atoms with Crippen LogP contribution in [0.25, 0.3) is 5.57 Å². The van der Waals surface area contributed by atoms with Gasteiger partial charge in [0.2, 0.25) is 0 Å². The van der Waals surface area contributed by atoms with Gasteiger partial charge in [0, 0.05) is 24.5 Å². The molecule has 0 aliphatic carbocycles. The number of imide groups is 1. The van der Waals surface area contributed by atoms with Gasteiger partial charge in [0.15, 0.2) is 0 Å². The van der Waals surface area contributed by atoms with Crippen LogP contribution in [0.4, 0.5) is 17.1 Å². The maximum atomic E-state index is 13.6.